The molecule has 1 aromatic carbocycles. The lowest BCUT2D eigenvalue weighted by molar-refractivity contribution is -0.0406. The van der Waals surface area contributed by atoms with Crippen molar-refractivity contribution in [2.45, 2.75) is 38.0 Å². The number of fused-ring (bicyclic) bond motifs is 1. The van der Waals surface area contributed by atoms with Gasteiger partial charge in [0.2, 0.25) is 0 Å². The van der Waals surface area contributed by atoms with Crippen molar-refractivity contribution in [3.05, 3.63) is 48.4 Å². The Morgan fingerprint density at radius 2 is 1.85 bits per heavy atom. The largest absolute Gasteiger partial charge is 0.491 e. The molecule has 0 aliphatic carbocycles. The first kappa shape index (κ1) is 18.8. The zero-order valence-electron chi connectivity index (χ0n) is 14.9. The molecule has 1 aromatic heterocycles. The van der Waals surface area contributed by atoms with E-state index in [1.807, 2.05) is 36.4 Å². The Morgan fingerprint density at radius 1 is 1.00 bits per heavy atom. The molecule has 6 heteroatoms. The van der Waals surface area contributed by atoms with Gasteiger partial charge in [-0.15, -0.1) is 0 Å². The molecule has 0 saturated heterocycles. The third-order valence-electron chi connectivity index (χ3n) is 4.50. The van der Waals surface area contributed by atoms with Crippen LogP contribution in [0.3, 0.4) is 0 Å². The van der Waals surface area contributed by atoms with Crippen molar-refractivity contribution in [3.63, 3.8) is 0 Å². The molecule has 26 heavy (non-hydrogen) atoms. The lowest BCUT2D eigenvalue weighted by Crippen LogP contribution is -2.35. The van der Waals surface area contributed by atoms with E-state index >= 15 is 0 Å². The molecule has 142 valence electrons. The van der Waals surface area contributed by atoms with Gasteiger partial charge < -0.3 is 29.0 Å². The smallest absolute Gasteiger partial charge is 0.142 e. The molecule has 0 unspecified atom stereocenters. The summed E-state index contributed by atoms with van der Waals surface area (Å²) in [7, 11) is 0. The Balaban J connectivity index is 1.81. The van der Waals surface area contributed by atoms with E-state index in [0.29, 0.717) is 32.7 Å². The highest BCUT2D eigenvalue weighted by Gasteiger charge is 2.20. The Bertz CT molecular complexity index is 645. The number of para-hydroxylation sites is 2. The van der Waals surface area contributed by atoms with Crippen molar-refractivity contribution in [1.82, 2.24) is 0 Å². The van der Waals surface area contributed by atoms with E-state index in [1.165, 1.54) is 0 Å². The molecular formula is C20H27NO5. The number of hydrogen-bond donors (Lipinski definition) is 2. The quantitative estimate of drug-likeness (QED) is 0.856. The third-order valence-corrected chi connectivity index (χ3v) is 4.50. The van der Waals surface area contributed by atoms with Gasteiger partial charge in [-0.05, 0) is 43.5 Å². The van der Waals surface area contributed by atoms with Crippen LogP contribution in [0.5, 0.6) is 5.75 Å². The molecular weight excluding hydrogens is 334 g/mol. The normalized spacial score (nSPS) is 22.9. The fourth-order valence-corrected chi connectivity index (χ4v) is 3.00. The topological polar surface area (TPSA) is 75.3 Å². The molecule has 3 rings (SSSR count). The van der Waals surface area contributed by atoms with Crippen molar-refractivity contribution in [2.24, 2.45) is 0 Å². The molecule has 0 saturated carbocycles. The van der Waals surface area contributed by atoms with Crippen LogP contribution in [-0.2, 0) is 11.3 Å². The Kier molecular flexibility index (Phi) is 6.94. The lowest BCUT2D eigenvalue weighted by Gasteiger charge is -2.28. The SMILES string of the molecule is O[C@@H]1COCCCCOc2ccccc2N(Cc2ccco2)CC[C@@H]1O. The maximum Gasteiger partial charge on any atom is 0.142 e. The van der Waals surface area contributed by atoms with Crippen molar-refractivity contribution in [1.29, 1.82) is 0 Å². The molecule has 0 fully saturated rings. The minimum atomic E-state index is -0.880. The van der Waals surface area contributed by atoms with E-state index in [4.69, 9.17) is 13.9 Å². The average molecular weight is 361 g/mol. The van der Waals surface area contributed by atoms with Crippen LogP contribution in [0, 0.1) is 0 Å². The Morgan fingerprint density at radius 3 is 2.69 bits per heavy atom. The van der Waals surface area contributed by atoms with Crippen LogP contribution in [0.2, 0.25) is 0 Å². The lowest BCUT2D eigenvalue weighted by atomic mass is 10.1. The summed E-state index contributed by atoms with van der Waals surface area (Å²) in [5, 5.41) is 20.4. The van der Waals surface area contributed by atoms with E-state index in [9.17, 15) is 10.2 Å². The highest BCUT2D eigenvalue weighted by atomic mass is 16.5. The van der Waals surface area contributed by atoms with Gasteiger partial charge in [-0.25, -0.2) is 0 Å². The summed E-state index contributed by atoms with van der Waals surface area (Å²) in [5.74, 6) is 1.64. The van der Waals surface area contributed by atoms with Gasteiger partial charge in [-0.2, -0.15) is 0 Å². The maximum atomic E-state index is 10.3. The maximum absolute atomic E-state index is 10.3. The Hall–Kier alpha value is -2.02. The summed E-state index contributed by atoms with van der Waals surface area (Å²) in [5.41, 5.74) is 0.957. The predicted molar refractivity (Wildman–Crippen MR) is 98.4 cm³/mol. The van der Waals surface area contributed by atoms with Crippen LogP contribution < -0.4 is 9.64 Å². The van der Waals surface area contributed by atoms with Gasteiger partial charge in [-0.1, -0.05) is 12.1 Å². The Labute approximate surface area is 154 Å². The van der Waals surface area contributed by atoms with Gasteiger partial charge in [0.25, 0.3) is 0 Å². The number of hydrogen-bond acceptors (Lipinski definition) is 6. The molecule has 0 radical (unpaired) electrons. The van der Waals surface area contributed by atoms with Gasteiger partial charge in [0.15, 0.2) is 0 Å². The van der Waals surface area contributed by atoms with Crippen molar-refractivity contribution >= 4 is 5.69 Å². The summed E-state index contributed by atoms with van der Waals surface area (Å²) >= 11 is 0. The first-order chi connectivity index (χ1) is 12.7. The number of aliphatic hydroxyl groups excluding tert-OH is 2. The predicted octanol–water partition coefficient (Wildman–Crippen LogP) is 2.59. The molecule has 0 bridgehead atoms. The fourth-order valence-electron chi connectivity index (χ4n) is 3.00. The number of ether oxygens (including phenoxy) is 2. The van der Waals surface area contributed by atoms with Crippen LogP contribution in [0.25, 0.3) is 0 Å². The average Bonchev–Trinajstić information content (AvgIpc) is 3.17. The minimum absolute atomic E-state index is 0.150. The molecule has 2 N–H and O–H groups in total. The summed E-state index contributed by atoms with van der Waals surface area (Å²) in [4.78, 5) is 2.11. The van der Waals surface area contributed by atoms with E-state index in [2.05, 4.69) is 4.90 Å². The number of nitrogens with zero attached hydrogens (tertiary/aromatic N) is 1. The second-order valence-corrected chi connectivity index (χ2v) is 6.52. The van der Waals surface area contributed by atoms with Gasteiger partial charge in [0.05, 0.1) is 37.8 Å². The molecule has 0 amide bonds. The van der Waals surface area contributed by atoms with Crippen LogP contribution >= 0.6 is 0 Å². The molecule has 6 nitrogen and oxygen atoms in total. The monoisotopic (exact) mass is 361 g/mol. The van der Waals surface area contributed by atoms with Crippen molar-refractivity contribution < 1.29 is 24.1 Å². The molecule has 1 aliphatic rings. The second kappa shape index (κ2) is 9.62. The number of rotatable bonds is 2. The number of furan rings is 1. The summed E-state index contributed by atoms with van der Waals surface area (Å²) in [6.45, 7) is 2.43. The molecule has 2 heterocycles. The van der Waals surface area contributed by atoms with Crippen molar-refractivity contribution in [3.8, 4) is 5.75 Å². The van der Waals surface area contributed by atoms with Gasteiger partial charge in [0, 0.05) is 13.2 Å². The van der Waals surface area contributed by atoms with E-state index in [0.717, 1.165) is 30.0 Å². The number of anilines is 1. The fraction of sp³-hybridized carbons (Fsp3) is 0.500. The van der Waals surface area contributed by atoms with Crippen LogP contribution in [0.15, 0.2) is 47.1 Å². The highest BCUT2D eigenvalue weighted by Crippen LogP contribution is 2.30. The van der Waals surface area contributed by atoms with Crippen LogP contribution in [-0.4, -0.2) is 48.8 Å². The van der Waals surface area contributed by atoms with E-state index in [1.54, 1.807) is 6.26 Å². The van der Waals surface area contributed by atoms with Crippen molar-refractivity contribution in [2.75, 3.05) is 31.3 Å². The first-order valence-corrected chi connectivity index (χ1v) is 9.17. The molecule has 2 aromatic rings. The molecule has 0 spiro atoms. The summed E-state index contributed by atoms with van der Waals surface area (Å²) < 4.78 is 16.9. The third kappa shape index (κ3) is 5.24. The minimum Gasteiger partial charge on any atom is -0.491 e. The number of aliphatic hydroxyl groups is 2. The number of benzene rings is 1. The molecule has 1 aliphatic heterocycles. The standard InChI is InChI=1S/C20H27NO5/c22-18-9-10-21(14-16-6-5-13-25-16)17-7-1-2-8-20(17)26-12-4-3-11-24-15-19(18)23/h1-2,5-8,13,18-19,22-23H,3-4,9-12,14-15H2/t18-,19+/m0/s1. The van der Waals surface area contributed by atoms with Crippen LogP contribution in [0.4, 0.5) is 5.69 Å². The highest BCUT2D eigenvalue weighted by molar-refractivity contribution is 5.58. The van der Waals surface area contributed by atoms with Gasteiger partial charge >= 0.3 is 0 Å². The van der Waals surface area contributed by atoms with Crippen LogP contribution in [0.1, 0.15) is 25.0 Å². The zero-order valence-corrected chi connectivity index (χ0v) is 14.9. The molecule has 2 atom stereocenters. The summed E-state index contributed by atoms with van der Waals surface area (Å²) in [6.07, 6.45) is 2.06. The first-order valence-electron chi connectivity index (χ1n) is 9.17. The van der Waals surface area contributed by atoms with Gasteiger partial charge in [-0.3, -0.25) is 0 Å². The van der Waals surface area contributed by atoms with Gasteiger partial charge in [0.1, 0.15) is 17.6 Å². The summed E-state index contributed by atoms with van der Waals surface area (Å²) in [6, 6.07) is 11.7. The van der Waals surface area contributed by atoms with E-state index < -0.39 is 12.2 Å². The van der Waals surface area contributed by atoms with E-state index in [-0.39, 0.29) is 6.61 Å². The second-order valence-electron chi connectivity index (χ2n) is 6.52. The zero-order chi connectivity index (χ0) is 18.2.